The van der Waals surface area contributed by atoms with Crippen LogP contribution in [0.1, 0.15) is 21.7 Å². The highest BCUT2D eigenvalue weighted by molar-refractivity contribution is 7.16. The molecule has 0 bridgehead atoms. The van der Waals surface area contributed by atoms with Crippen LogP contribution in [0.3, 0.4) is 0 Å². The van der Waals surface area contributed by atoms with Gasteiger partial charge in [-0.3, -0.25) is 10.1 Å². The SMILES string of the molecule is O=C(Nc1ncc(C#CCCO)s1)c1ccc(=O)oc1. The van der Waals surface area contributed by atoms with E-state index in [0.717, 1.165) is 6.26 Å². The number of nitrogens with one attached hydrogen (secondary N) is 1. The zero-order chi connectivity index (χ0) is 14.4. The molecule has 0 aromatic carbocycles. The zero-order valence-corrected chi connectivity index (χ0v) is 11.1. The van der Waals surface area contributed by atoms with Crippen LogP contribution in [-0.4, -0.2) is 22.6 Å². The monoisotopic (exact) mass is 290 g/mol. The normalized spacial score (nSPS) is 9.65. The quantitative estimate of drug-likeness (QED) is 0.825. The van der Waals surface area contributed by atoms with E-state index in [2.05, 4.69) is 26.6 Å². The van der Waals surface area contributed by atoms with Crippen molar-refractivity contribution in [3.05, 3.63) is 45.5 Å². The van der Waals surface area contributed by atoms with Crippen molar-refractivity contribution in [3.63, 3.8) is 0 Å². The molecule has 6 nitrogen and oxygen atoms in total. The van der Waals surface area contributed by atoms with Gasteiger partial charge in [0, 0.05) is 12.5 Å². The molecular formula is C13H10N2O4S. The number of anilines is 1. The number of thiazole rings is 1. The molecule has 0 unspecified atom stereocenters. The lowest BCUT2D eigenvalue weighted by atomic mass is 10.3. The molecule has 1 amide bonds. The molecule has 2 rings (SSSR count). The molecule has 2 aromatic rings. The van der Waals surface area contributed by atoms with Gasteiger partial charge >= 0.3 is 5.63 Å². The number of amides is 1. The lowest BCUT2D eigenvalue weighted by Gasteiger charge is -1.99. The smallest absolute Gasteiger partial charge is 0.335 e. The Morgan fingerprint density at radius 2 is 2.35 bits per heavy atom. The Bertz CT molecular complexity index is 703. The van der Waals surface area contributed by atoms with Gasteiger partial charge in [-0.25, -0.2) is 9.78 Å². The van der Waals surface area contributed by atoms with Gasteiger partial charge in [-0.15, -0.1) is 0 Å². The third-order valence-electron chi connectivity index (χ3n) is 2.14. The Hall–Kier alpha value is -2.43. The van der Waals surface area contributed by atoms with Crippen molar-refractivity contribution < 1.29 is 14.3 Å². The summed E-state index contributed by atoms with van der Waals surface area (Å²) in [5.41, 5.74) is -0.287. The molecule has 2 aromatic heterocycles. The number of nitrogens with zero attached hydrogens (tertiary/aromatic N) is 1. The van der Waals surface area contributed by atoms with Crippen LogP contribution in [0.25, 0.3) is 0 Å². The summed E-state index contributed by atoms with van der Waals surface area (Å²) in [6.07, 6.45) is 3.02. The predicted octanol–water partition coefficient (Wildman–Crippen LogP) is 1.08. The van der Waals surface area contributed by atoms with E-state index in [1.807, 2.05) is 0 Å². The highest BCUT2D eigenvalue weighted by Gasteiger charge is 2.09. The van der Waals surface area contributed by atoms with Crippen LogP contribution < -0.4 is 10.9 Å². The van der Waals surface area contributed by atoms with E-state index in [0.29, 0.717) is 16.4 Å². The van der Waals surface area contributed by atoms with Crippen LogP contribution in [-0.2, 0) is 0 Å². The summed E-state index contributed by atoms with van der Waals surface area (Å²) in [5.74, 6) is 5.17. The molecule has 2 N–H and O–H groups in total. The second kappa shape index (κ2) is 6.65. The number of hydrogen-bond acceptors (Lipinski definition) is 6. The number of carbonyl (C=O) groups is 1. The highest BCUT2D eigenvalue weighted by atomic mass is 32.1. The third-order valence-corrected chi connectivity index (χ3v) is 2.97. The van der Waals surface area contributed by atoms with Crippen molar-refractivity contribution in [2.75, 3.05) is 11.9 Å². The molecule has 7 heteroatoms. The minimum Gasteiger partial charge on any atom is -0.430 e. The average molecular weight is 290 g/mol. The van der Waals surface area contributed by atoms with Crippen LogP contribution in [0.2, 0.25) is 0 Å². The molecule has 0 saturated carbocycles. The first kappa shape index (κ1) is 14.0. The molecule has 20 heavy (non-hydrogen) atoms. The summed E-state index contributed by atoms with van der Waals surface area (Å²) in [6, 6.07) is 2.54. The Morgan fingerprint density at radius 3 is 3.05 bits per heavy atom. The summed E-state index contributed by atoms with van der Waals surface area (Å²) < 4.78 is 4.61. The topological polar surface area (TPSA) is 92.4 Å². The molecule has 0 saturated heterocycles. The first-order valence-corrected chi connectivity index (χ1v) is 6.46. The molecule has 0 aliphatic carbocycles. The fraction of sp³-hybridized carbons (Fsp3) is 0.154. The first-order valence-electron chi connectivity index (χ1n) is 5.65. The van der Waals surface area contributed by atoms with Gasteiger partial charge in [-0.2, -0.15) is 0 Å². The molecule has 102 valence electrons. The van der Waals surface area contributed by atoms with Crippen molar-refractivity contribution >= 4 is 22.4 Å². The van der Waals surface area contributed by atoms with Crippen LogP contribution in [0.4, 0.5) is 5.13 Å². The van der Waals surface area contributed by atoms with E-state index in [1.165, 1.54) is 29.7 Å². The largest absolute Gasteiger partial charge is 0.430 e. The van der Waals surface area contributed by atoms with Gasteiger partial charge in [-0.05, 0) is 6.07 Å². The molecule has 0 aliphatic rings. The van der Waals surface area contributed by atoms with Gasteiger partial charge in [0.05, 0.1) is 23.2 Å². The molecule has 2 heterocycles. The number of aromatic nitrogens is 1. The summed E-state index contributed by atoms with van der Waals surface area (Å²) in [7, 11) is 0. The molecule has 0 radical (unpaired) electrons. The van der Waals surface area contributed by atoms with E-state index in [1.54, 1.807) is 0 Å². The predicted molar refractivity (Wildman–Crippen MR) is 73.6 cm³/mol. The van der Waals surface area contributed by atoms with E-state index in [-0.39, 0.29) is 12.2 Å². The second-order valence-electron chi connectivity index (χ2n) is 3.60. The van der Waals surface area contributed by atoms with Gasteiger partial charge in [0.15, 0.2) is 5.13 Å². The standard InChI is InChI=1S/C13H10N2O4S/c16-6-2-1-3-10-7-14-13(20-10)15-12(18)9-4-5-11(17)19-8-9/h4-5,7-8,16H,2,6H2,(H,14,15,18). The fourth-order valence-corrected chi connectivity index (χ4v) is 1.94. The summed E-state index contributed by atoms with van der Waals surface area (Å²) in [4.78, 5) is 27.3. The van der Waals surface area contributed by atoms with Crippen LogP contribution in [0, 0.1) is 11.8 Å². The third kappa shape index (κ3) is 3.78. The Balaban J connectivity index is 2.03. The summed E-state index contributed by atoms with van der Waals surface area (Å²) in [6.45, 7) is 0.00854. The lowest BCUT2D eigenvalue weighted by molar-refractivity contribution is 0.102. The van der Waals surface area contributed by atoms with E-state index in [9.17, 15) is 9.59 Å². The molecule has 0 aliphatic heterocycles. The minimum absolute atomic E-state index is 0.00854. The summed E-state index contributed by atoms with van der Waals surface area (Å²) >= 11 is 1.22. The maximum Gasteiger partial charge on any atom is 0.335 e. The van der Waals surface area contributed by atoms with Crippen molar-refractivity contribution in [1.82, 2.24) is 4.98 Å². The van der Waals surface area contributed by atoms with E-state index < -0.39 is 11.5 Å². The van der Waals surface area contributed by atoms with Crippen molar-refractivity contribution in [2.45, 2.75) is 6.42 Å². The lowest BCUT2D eigenvalue weighted by Crippen LogP contribution is -2.12. The highest BCUT2D eigenvalue weighted by Crippen LogP contribution is 2.17. The fourth-order valence-electron chi connectivity index (χ4n) is 1.25. The number of aliphatic hydroxyl groups is 1. The maximum absolute atomic E-state index is 11.8. The Labute approximate surface area is 118 Å². The van der Waals surface area contributed by atoms with Crippen molar-refractivity contribution in [3.8, 4) is 11.8 Å². The number of carbonyl (C=O) groups excluding carboxylic acids is 1. The molecule has 0 fully saturated rings. The zero-order valence-electron chi connectivity index (χ0n) is 10.3. The van der Waals surface area contributed by atoms with Gasteiger partial charge in [0.25, 0.3) is 5.91 Å². The average Bonchev–Trinajstić information content (AvgIpc) is 2.87. The Morgan fingerprint density at radius 1 is 1.50 bits per heavy atom. The molecule has 0 spiro atoms. The number of aliphatic hydroxyl groups excluding tert-OH is 1. The maximum atomic E-state index is 11.8. The van der Waals surface area contributed by atoms with Crippen LogP contribution >= 0.6 is 11.3 Å². The van der Waals surface area contributed by atoms with Gasteiger partial charge in [-0.1, -0.05) is 23.2 Å². The molecule has 0 atom stereocenters. The second-order valence-corrected chi connectivity index (χ2v) is 4.63. The molecular weight excluding hydrogens is 280 g/mol. The van der Waals surface area contributed by atoms with Crippen molar-refractivity contribution in [2.24, 2.45) is 0 Å². The minimum atomic E-state index is -0.516. The van der Waals surface area contributed by atoms with Crippen LogP contribution in [0.5, 0.6) is 0 Å². The number of hydrogen-bond donors (Lipinski definition) is 2. The van der Waals surface area contributed by atoms with E-state index in [4.69, 9.17) is 5.11 Å². The van der Waals surface area contributed by atoms with Crippen molar-refractivity contribution in [1.29, 1.82) is 0 Å². The van der Waals surface area contributed by atoms with Gasteiger partial charge in [0.2, 0.25) is 0 Å². The first-order chi connectivity index (χ1) is 9.69. The summed E-state index contributed by atoms with van der Waals surface area (Å²) in [5, 5.41) is 11.6. The van der Waals surface area contributed by atoms with Gasteiger partial charge in [0.1, 0.15) is 6.26 Å². The van der Waals surface area contributed by atoms with Gasteiger partial charge < -0.3 is 9.52 Å². The Kier molecular flexibility index (Phi) is 4.65. The van der Waals surface area contributed by atoms with Crippen LogP contribution in [0.15, 0.2) is 33.8 Å². The van der Waals surface area contributed by atoms with E-state index >= 15 is 0 Å². The number of rotatable bonds is 3.